The number of hydrogen-bond donors (Lipinski definition) is 3. The van der Waals surface area contributed by atoms with Crippen molar-refractivity contribution >= 4 is 22.8 Å². The number of nitrogens with two attached hydrogens (primary N) is 1. The zero-order valence-electron chi connectivity index (χ0n) is 16.2. The number of anilines is 1. The molecule has 30 heavy (non-hydrogen) atoms. The molecular formula is C22H19N5O3. The highest BCUT2D eigenvalue weighted by atomic mass is 16.5. The van der Waals surface area contributed by atoms with E-state index in [1.165, 1.54) is 7.11 Å². The molecule has 0 aliphatic carbocycles. The van der Waals surface area contributed by atoms with Crippen LogP contribution in [0.1, 0.15) is 16.2 Å². The molecule has 150 valence electrons. The van der Waals surface area contributed by atoms with E-state index in [-0.39, 0.29) is 23.9 Å². The predicted molar refractivity (Wildman–Crippen MR) is 113 cm³/mol. The Balaban J connectivity index is 1.58. The van der Waals surface area contributed by atoms with Gasteiger partial charge in [0.1, 0.15) is 22.7 Å². The number of rotatable bonds is 5. The van der Waals surface area contributed by atoms with E-state index in [0.717, 1.165) is 5.56 Å². The van der Waals surface area contributed by atoms with Crippen LogP contribution in [0.2, 0.25) is 0 Å². The summed E-state index contributed by atoms with van der Waals surface area (Å²) in [7, 11) is 1.53. The second kappa shape index (κ2) is 8.04. The first-order valence-electron chi connectivity index (χ1n) is 9.19. The number of carbonyl (C=O) groups is 1. The van der Waals surface area contributed by atoms with E-state index in [1.807, 2.05) is 24.3 Å². The number of benzene rings is 2. The SMILES string of the molecule is COc1cccc2c(C(=O)NCc3cccc(-c4cccc(O)c4)n3)nc(N)nc12. The van der Waals surface area contributed by atoms with Crippen molar-refractivity contribution in [3.05, 3.63) is 72.1 Å². The average molecular weight is 401 g/mol. The largest absolute Gasteiger partial charge is 0.508 e. The molecule has 0 radical (unpaired) electrons. The molecular weight excluding hydrogens is 382 g/mol. The van der Waals surface area contributed by atoms with Gasteiger partial charge in [0, 0.05) is 10.9 Å². The summed E-state index contributed by atoms with van der Waals surface area (Å²) in [5, 5.41) is 13.0. The van der Waals surface area contributed by atoms with Gasteiger partial charge in [-0.05, 0) is 30.3 Å². The van der Waals surface area contributed by atoms with Crippen molar-refractivity contribution in [2.75, 3.05) is 12.8 Å². The first-order valence-corrected chi connectivity index (χ1v) is 9.19. The van der Waals surface area contributed by atoms with Crippen LogP contribution >= 0.6 is 0 Å². The second-order valence-corrected chi connectivity index (χ2v) is 6.53. The number of nitrogens with one attached hydrogen (secondary N) is 1. The number of aromatic hydroxyl groups is 1. The van der Waals surface area contributed by atoms with Gasteiger partial charge in [0.25, 0.3) is 5.91 Å². The number of phenolic OH excluding ortho intramolecular Hbond substituents is 1. The fraction of sp³-hybridized carbons (Fsp3) is 0.0909. The minimum atomic E-state index is -0.396. The summed E-state index contributed by atoms with van der Waals surface area (Å²) in [6, 6.07) is 17.6. The molecule has 2 aromatic heterocycles. The van der Waals surface area contributed by atoms with Crippen LogP contribution in [-0.2, 0) is 6.54 Å². The van der Waals surface area contributed by atoms with Crippen LogP contribution in [0.25, 0.3) is 22.2 Å². The highest BCUT2D eigenvalue weighted by Crippen LogP contribution is 2.26. The Labute approximate surface area is 172 Å². The minimum absolute atomic E-state index is 0.0128. The average Bonchev–Trinajstić information content (AvgIpc) is 2.76. The van der Waals surface area contributed by atoms with Crippen molar-refractivity contribution < 1.29 is 14.6 Å². The smallest absolute Gasteiger partial charge is 0.271 e. The van der Waals surface area contributed by atoms with E-state index >= 15 is 0 Å². The van der Waals surface area contributed by atoms with Gasteiger partial charge < -0.3 is 20.9 Å². The van der Waals surface area contributed by atoms with E-state index in [1.54, 1.807) is 36.4 Å². The summed E-state index contributed by atoms with van der Waals surface area (Å²) in [5.74, 6) is 0.265. The lowest BCUT2D eigenvalue weighted by Gasteiger charge is -2.10. The van der Waals surface area contributed by atoms with Crippen molar-refractivity contribution in [3.8, 4) is 22.8 Å². The van der Waals surface area contributed by atoms with Gasteiger partial charge >= 0.3 is 0 Å². The lowest BCUT2D eigenvalue weighted by Crippen LogP contribution is -2.25. The normalized spacial score (nSPS) is 10.7. The van der Waals surface area contributed by atoms with Crippen LogP contribution in [0.5, 0.6) is 11.5 Å². The monoisotopic (exact) mass is 401 g/mol. The number of aromatic nitrogens is 3. The number of carbonyl (C=O) groups excluding carboxylic acids is 1. The number of pyridine rings is 1. The highest BCUT2D eigenvalue weighted by Gasteiger charge is 2.16. The molecule has 0 saturated heterocycles. The van der Waals surface area contributed by atoms with Crippen LogP contribution in [0.4, 0.5) is 5.95 Å². The predicted octanol–water partition coefficient (Wildman–Crippen LogP) is 2.92. The summed E-state index contributed by atoms with van der Waals surface area (Å²) in [6.45, 7) is 0.195. The molecule has 2 heterocycles. The number of fused-ring (bicyclic) bond motifs is 1. The molecule has 4 N–H and O–H groups in total. The molecule has 1 amide bonds. The van der Waals surface area contributed by atoms with E-state index in [2.05, 4.69) is 20.3 Å². The number of phenols is 1. The van der Waals surface area contributed by atoms with Gasteiger partial charge in [0.2, 0.25) is 5.95 Å². The standard InChI is InChI=1S/C22H19N5O3/c1-30-18-10-4-8-16-19(18)26-22(23)27-20(16)21(29)24-12-14-6-3-9-17(25-14)13-5-2-7-15(28)11-13/h2-11,28H,12H2,1H3,(H,24,29)(H2,23,26,27). The summed E-state index contributed by atoms with van der Waals surface area (Å²) < 4.78 is 5.30. The van der Waals surface area contributed by atoms with Crippen molar-refractivity contribution in [2.24, 2.45) is 0 Å². The molecule has 0 unspecified atom stereocenters. The molecule has 0 atom stereocenters. The van der Waals surface area contributed by atoms with Gasteiger partial charge in [-0.3, -0.25) is 9.78 Å². The molecule has 4 aromatic rings. The fourth-order valence-electron chi connectivity index (χ4n) is 3.14. The summed E-state index contributed by atoms with van der Waals surface area (Å²) in [5.41, 5.74) is 8.58. The first-order chi connectivity index (χ1) is 14.5. The Bertz CT molecular complexity index is 1240. The number of methoxy groups -OCH3 is 1. The van der Waals surface area contributed by atoms with Gasteiger partial charge in [-0.25, -0.2) is 9.97 Å². The van der Waals surface area contributed by atoms with Crippen LogP contribution in [0, 0.1) is 0 Å². The maximum absolute atomic E-state index is 12.8. The molecule has 0 bridgehead atoms. The number of ether oxygens (including phenoxy) is 1. The Morgan fingerprint density at radius 2 is 1.87 bits per heavy atom. The Morgan fingerprint density at radius 1 is 1.07 bits per heavy atom. The van der Waals surface area contributed by atoms with Crippen LogP contribution in [0.15, 0.2) is 60.7 Å². The van der Waals surface area contributed by atoms with E-state index in [4.69, 9.17) is 10.5 Å². The molecule has 2 aromatic carbocycles. The highest BCUT2D eigenvalue weighted by molar-refractivity contribution is 6.05. The van der Waals surface area contributed by atoms with Crippen molar-refractivity contribution in [1.29, 1.82) is 0 Å². The molecule has 8 heteroatoms. The quantitative estimate of drug-likeness (QED) is 0.470. The lowest BCUT2D eigenvalue weighted by molar-refractivity contribution is 0.0947. The van der Waals surface area contributed by atoms with Crippen LogP contribution < -0.4 is 15.8 Å². The second-order valence-electron chi connectivity index (χ2n) is 6.53. The molecule has 0 saturated carbocycles. The number of nitrogen functional groups attached to an aromatic ring is 1. The van der Waals surface area contributed by atoms with Crippen molar-refractivity contribution in [2.45, 2.75) is 6.54 Å². The fourth-order valence-corrected chi connectivity index (χ4v) is 3.14. The van der Waals surface area contributed by atoms with Gasteiger partial charge in [0.15, 0.2) is 0 Å². The third kappa shape index (κ3) is 3.83. The molecule has 0 aliphatic rings. The number of nitrogens with zero attached hydrogens (tertiary/aromatic N) is 3. The van der Waals surface area contributed by atoms with E-state index in [0.29, 0.717) is 28.0 Å². The maximum atomic E-state index is 12.8. The van der Waals surface area contributed by atoms with Crippen LogP contribution in [-0.4, -0.2) is 33.1 Å². The zero-order valence-corrected chi connectivity index (χ0v) is 16.2. The van der Waals surface area contributed by atoms with Gasteiger partial charge in [0.05, 0.1) is 25.0 Å². The third-order valence-electron chi connectivity index (χ3n) is 4.52. The Morgan fingerprint density at radius 3 is 2.67 bits per heavy atom. The summed E-state index contributed by atoms with van der Waals surface area (Å²) >= 11 is 0. The Hall–Kier alpha value is -4.20. The van der Waals surface area contributed by atoms with Crippen molar-refractivity contribution in [1.82, 2.24) is 20.3 Å². The first kappa shape index (κ1) is 19.1. The van der Waals surface area contributed by atoms with Gasteiger partial charge in [-0.2, -0.15) is 0 Å². The Kier molecular flexibility index (Phi) is 5.13. The van der Waals surface area contributed by atoms with Gasteiger partial charge in [-0.1, -0.05) is 30.3 Å². The van der Waals surface area contributed by atoms with Crippen LogP contribution in [0.3, 0.4) is 0 Å². The van der Waals surface area contributed by atoms with Crippen molar-refractivity contribution in [3.63, 3.8) is 0 Å². The minimum Gasteiger partial charge on any atom is -0.508 e. The lowest BCUT2D eigenvalue weighted by atomic mass is 10.1. The molecule has 4 rings (SSSR count). The molecule has 0 spiro atoms. The van der Waals surface area contributed by atoms with E-state index in [9.17, 15) is 9.90 Å². The molecule has 0 fully saturated rings. The maximum Gasteiger partial charge on any atom is 0.271 e. The zero-order chi connectivity index (χ0) is 21.1. The van der Waals surface area contributed by atoms with E-state index < -0.39 is 5.91 Å². The van der Waals surface area contributed by atoms with Gasteiger partial charge in [-0.15, -0.1) is 0 Å². The summed E-state index contributed by atoms with van der Waals surface area (Å²) in [6.07, 6.45) is 0. The number of amides is 1. The third-order valence-corrected chi connectivity index (χ3v) is 4.52. The summed E-state index contributed by atoms with van der Waals surface area (Å²) in [4.78, 5) is 25.7. The molecule has 0 aliphatic heterocycles. The topological polar surface area (TPSA) is 123 Å². The molecule has 8 nitrogen and oxygen atoms in total. The number of hydrogen-bond acceptors (Lipinski definition) is 7. The number of para-hydroxylation sites is 1.